The molecule has 4 rings (SSSR count). The molecule has 1 unspecified atom stereocenters. The maximum atomic E-state index is 13.6. The molecule has 4 aromatic rings. The number of esters is 1. The highest BCUT2D eigenvalue weighted by Gasteiger charge is 2.28. The van der Waals surface area contributed by atoms with E-state index in [4.69, 9.17) is 14.3 Å². The van der Waals surface area contributed by atoms with Gasteiger partial charge in [0.05, 0.1) is 28.4 Å². The Morgan fingerprint density at radius 1 is 1.05 bits per heavy atom. The van der Waals surface area contributed by atoms with E-state index in [2.05, 4.69) is 4.98 Å². The number of rotatable bonds is 9. The third-order valence-corrected chi connectivity index (χ3v) is 6.21. The number of pyridine rings is 1. The number of ether oxygens (including phenoxy) is 1. The van der Waals surface area contributed by atoms with Crippen LogP contribution in [0.3, 0.4) is 0 Å². The minimum Gasteiger partial charge on any atom is -0.504 e. The van der Waals surface area contributed by atoms with Crippen molar-refractivity contribution in [3.05, 3.63) is 56.4 Å². The van der Waals surface area contributed by atoms with Crippen molar-refractivity contribution in [2.45, 2.75) is 25.8 Å². The lowest BCUT2D eigenvalue weighted by atomic mass is 10.0. The van der Waals surface area contributed by atoms with Gasteiger partial charge in [-0.1, -0.05) is 0 Å². The van der Waals surface area contributed by atoms with Gasteiger partial charge in [0.15, 0.2) is 29.6 Å². The lowest BCUT2D eigenvalue weighted by Gasteiger charge is -2.14. The highest BCUT2D eigenvalue weighted by atomic mass is 16.5. The number of fused-ring (bicyclic) bond motifs is 2. The van der Waals surface area contributed by atoms with Gasteiger partial charge in [-0.3, -0.25) is 23.6 Å². The van der Waals surface area contributed by atoms with Crippen LogP contribution in [-0.4, -0.2) is 76.5 Å². The average molecular weight is 599 g/mol. The zero-order valence-corrected chi connectivity index (χ0v) is 21.9. The summed E-state index contributed by atoms with van der Waals surface area (Å²) in [6, 6.07) is 0.181. The van der Waals surface area contributed by atoms with Gasteiger partial charge in [0.1, 0.15) is 29.1 Å². The molecule has 17 heteroatoms. The summed E-state index contributed by atoms with van der Waals surface area (Å²) in [5.74, 6) is -8.84. The van der Waals surface area contributed by atoms with E-state index in [-0.39, 0.29) is 16.9 Å². The molecule has 1 atom stereocenters. The number of hydrogen-bond acceptors (Lipinski definition) is 13. The number of carbonyl (C=O) groups excluding carboxylic acids is 2. The van der Waals surface area contributed by atoms with Gasteiger partial charge in [-0.25, -0.2) is 14.6 Å². The fourth-order valence-electron chi connectivity index (χ4n) is 4.18. The van der Waals surface area contributed by atoms with E-state index in [0.29, 0.717) is 0 Å². The van der Waals surface area contributed by atoms with Crippen LogP contribution in [0.15, 0.2) is 38.6 Å². The van der Waals surface area contributed by atoms with Crippen LogP contribution in [0.2, 0.25) is 0 Å². The zero-order chi connectivity index (χ0) is 31.7. The molecule has 0 radical (unpaired) electrons. The lowest BCUT2D eigenvalue weighted by molar-refractivity contribution is -0.143. The van der Waals surface area contributed by atoms with Gasteiger partial charge in [-0.05, 0) is 13.3 Å². The van der Waals surface area contributed by atoms with Gasteiger partial charge >= 0.3 is 17.9 Å². The average Bonchev–Trinajstić information content (AvgIpc) is 2.93. The Hall–Kier alpha value is -6.13. The van der Waals surface area contributed by atoms with Crippen LogP contribution in [-0.2, 0) is 19.1 Å². The molecule has 0 aliphatic heterocycles. The Morgan fingerprint density at radius 3 is 2.40 bits per heavy atom. The fourth-order valence-corrected chi connectivity index (χ4v) is 4.18. The predicted octanol–water partition coefficient (Wildman–Crippen LogP) is 0.190. The smallest absolute Gasteiger partial charge is 0.343 e. The summed E-state index contributed by atoms with van der Waals surface area (Å²) in [7, 11) is 0. The van der Waals surface area contributed by atoms with E-state index in [1.54, 1.807) is 0 Å². The molecule has 0 saturated heterocycles. The number of phenols is 2. The molecular formula is C26H21N3O14. The normalized spacial score (nSPS) is 11.7. The summed E-state index contributed by atoms with van der Waals surface area (Å²) in [5, 5.41) is 59.4. The topological polar surface area (TPSA) is 275 Å². The summed E-state index contributed by atoms with van der Waals surface area (Å²) in [4.78, 5) is 78.3. The number of aliphatic carboxylic acids is 2. The molecule has 7 N–H and O–H groups in total. The van der Waals surface area contributed by atoms with E-state index >= 15 is 0 Å². The number of hydrogen-bond donors (Lipinski definition) is 7. The molecule has 3 heterocycles. The maximum absolute atomic E-state index is 13.6. The predicted molar refractivity (Wildman–Crippen MR) is 141 cm³/mol. The number of aromatic nitrogens is 2. The maximum Gasteiger partial charge on any atom is 0.343 e. The Labute approximate surface area is 237 Å². The number of benzene rings is 1. The number of amides is 1. The van der Waals surface area contributed by atoms with Gasteiger partial charge in [0.25, 0.3) is 11.5 Å². The van der Waals surface area contributed by atoms with Gasteiger partial charge in [-0.15, -0.1) is 0 Å². The van der Waals surface area contributed by atoms with Crippen molar-refractivity contribution in [2.24, 2.45) is 0 Å². The molecule has 1 aromatic carbocycles. The summed E-state index contributed by atoms with van der Waals surface area (Å²) < 4.78 is 11.0. The third kappa shape index (κ3) is 5.71. The van der Waals surface area contributed by atoms with Gasteiger partial charge in [-0.2, -0.15) is 0 Å². The first-order valence-corrected chi connectivity index (χ1v) is 12.1. The van der Waals surface area contributed by atoms with Crippen LogP contribution in [0.1, 0.15) is 28.9 Å². The van der Waals surface area contributed by atoms with Crippen LogP contribution in [0, 0.1) is 6.92 Å². The second kappa shape index (κ2) is 11.4. The number of nitrogens with zero attached hydrogens (tertiary/aromatic N) is 2. The first kappa shape index (κ1) is 29.8. The number of aryl methyl sites for hydroxylation is 1. The first-order valence-electron chi connectivity index (χ1n) is 12.1. The molecule has 0 aliphatic carbocycles. The van der Waals surface area contributed by atoms with E-state index in [1.807, 2.05) is 5.32 Å². The minimum absolute atomic E-state index is 0.0265. The fraction of sp³-hybridized carbons (Fsp3) is 0.192. The standard InChI is InChI=1S/C26H21N3O14/c1-9-19(24(38)29-6-14(32)12(30)5-16(29)27-9)10-7-42-15-4-13(31)23(37)21(20(15)22(10)36)26(41)43-8-17(33)28-11(25(39)40)2-3-18(34)35/h4-7,11,30-32,37H,2-3,8H2,1H3,(H,28,33)(H,34,35)(H,39,40). The van der Waals surface area contributed by atoms with E-state index < -0.39 is 105 Å². The number of aromatic hydroxyl groups is 4. The zero-order valence-electron chi connectivity index (χ0n) is 21.9. The first-order chi connectivity index (χ1) is 20.2. The second-order valence-corrected chi connectivity index (χ2v) is 9.09. The molecule has 0 fully saturated rings. The van der Waals surface area contributed by atoms with Crippen molar-refractivity contribution in [1.82, 2.24) is 14.7 Å². The molecule has 1 amide bonds. The second-order valence-electron chi connectivity index (χ2n) is 9.09. The highest BCUT2D eigenvalue weighted by Crippen LogP contribution is 2.36. The number of nitrogens with one attached hydrogen (secondary N) is 1. The summed E-state index contributed by atoms with van der Waals surface area (Å²) in [6.45, 7) is 0.218. The lowest BCUT2D eigenvalue weighted by Crippen LogP contribution is -2.43. The van der Waals surface area contributed by atoms with Gasteiger partial charge in [0.2, 0.25) is 5.43 Å². The Morgan fingerprint density at radius 2 is 1.74 bits per heavy atom. The van der Waals surface area contributed by atoms with Crippen molar-refractivity contribution >= 4 is 40.4 Å². The van der Waals surface area contributed by atoms with Crippen molar-refractivity contribution in [3.63, 3.8) is 0 Å². The number of carboxylic acid groups (broad SMARTS) is 2. The van der Waals surface area contributed by atoms with Crippen LogP contribution in [0.5, 0.6) is 23.0 Å². The van der Waals surface area contributed by atoms with Crippen molar-refractivity contribution in [1.29, 1.82) is 0 Å². The van der Waals surface area contributed by atoms with Crippen LogP contribution in [0.4, 0.5) is 0 Å². The van der Waals surface area contributed by atoms with E-state index in [0.717, 1.165) is 29.0 Å². The van der Waals surface area contributed by atoms with E-state index in [1.165, 1.54) is 6.92 Å². The third-order valence-electron chi connectivity index (χ3n) is 6.21. The SMILES string of the molecule is Cc1nc2cc(O)c(O)cn2c(=O)c1-c1coc2cc(O)c(O)c(C(=O)OCC(=O)NC(CCC(=O)O)C(=O)O)c2c1=O. The summed E-state index contributed by atoms with van der Waals surface area (Å²) in [6.07, 6.45) is 0.637. The molecule has 0 spiro atoms. The summed E-state index contributed by atoms with van der Waals surface area (Å²) in [5.41, 5.74) is -4.25. The molecule has 0 saturated carbocycles. The number of carboxylic acids is 2. The van der Waals surface area contributed by atoms with E-state index in [9.17, 15) is 54.3 Å². The molecule has 3 aromatic heterocycles. The Balaban J connectivity index is 1.75. The molecule has 224 valence electrons. The van der Waals surface area contributed by atoms with Crippen molar-refractivity contribution < 1.29 is 59.0 Å². The quantitative estimate of drug-likeness (QED) is 0.0999. The molecule has 43 heavy (non-hydrogen) atoms. The monoisotopic (exact) mass is 599 g/mol. The van der Waals surface area contributed by atoms with Crippen LogP contribution < -0.4 is 16.3 Å². The minimum atomic E-state index is -1.63. The molecular weight excluding hydrogens is 578 g/mol. The van der Waals surface area contributed by atoms with Crippen LogP contribution >= 0.6 is 0 Å². The van der Waals surface area contributed by atoms with Crippen molar-refractivity contribution in [3.8, 4) is 34.1 Å². The molecule has 0 aliphatic rings. The Bertz CT molecular complexity index is 1960. The largest absolute Gasteiger partial charge is 0.504 e. The Kier molecular flexibility index (Phi) is 7.91. The van der Waals surface area contributed by atoms with Crippen LogP contribution in [0.25, 0.3) is 27.7 Å². The number of phenolic OH excluding ortho intramolecular Hbond substituents is 2. The molecule has 17 nitrogen and oxygen atoms in total. The van der Waals surface area contributed by atoms with Gasteiger partial charge < -0.3 is 45.1 Å². The van der Waals surface area contributed by atoms with Crippen molar-refractivity contribution in [2.75, 3.05) is 6.61 Å². The van der Waals surface area contributed by atoms with Gasteiger partial charge in [0, 0.05) is 18.6 Å². The highest BCUT2D eigenvalue weighted by molar-refractivity contribution is 6.08. The molecule has 0 bridgehead atoms. The summed E-state index contributed by atoms with van der Waals surface area (Å²) >= 11 is 0. The number of carbonyl (C=O) groups is 4.